The first kappa shape index (κ1) is 13.5. The average molecular weight is 178 g/mol. The van der Waals surface area contributed by atoms with Gasteiger partial charge in [-0.3, -0.25) is 4.79 Å². The van der Waals surface area contributed by atoms with E-state index < -0.39 is 11.9 Å². The maximum Gasteiger partial charge on any atom is 0.329 e. The molecule has 0 aromatic rings. The van der Waals surface area contributed by atoms with Crippen LogP contribution in [-0.2, 0) is 14.3 Å². The predicted molar refractivity (Wildman–Crippen MR) is 42.1 cm³/mol. The van der Waals surface area contributed by atoms with Gasteiger partial charge >= 0.3 is 11.9 Å². The molecule has 0 unspecified atom stereocenters. The SMILES string of the molecule is CCCC(=O)O.COCC(=O)O. The summed E-state index contributed by atoms with van der Waals surface area (Å²) >= 11 is 0. The van der Waals surface area contributed by atoms with Gasteiger partial charge in [0.1, 0.15) is 6.61 Å². The molecular formula is C7H14O5. The number of methoxy groups -OCH3 is 1. The quantitative estimate of drug-likeness (QED) is 0.658. The van der Waals surface area contributed by atoms with Gasteiger partial charge in [-0.25, -0.2) is 4.79 Å². The molecule has 5 heteroatoms. The van der Waals surface area contributed by atoms with E-state index in [-0.39, 0.29) is 6.61 Å². The molecule has 0 aromatic carbocycles. The Morgan fingerprint density at radius 2 is 1.75 bits per heavy atom. The van der Waals surface area contributed by atoms with Gasteiger partial charge < -0.3 is 14.9 Å². The molecule has 0 atom stereocenters. The Morgan fingerprint density at radius 3 is 1.75 bits per heavy atom. The molecule has 0 amide bonds. The number of ether oxygens (including phenoxy) is 1. The molecule has 0 saturated heterocycles. The van der Waals surface area contributed by atoms with Crippen LogP contribution in [0.3, 0.4) is 0 Å². The maximum absolute atomic E-state index is 9.60. The molecule has 0 radical (unpaired) electrons. The predicted octanol–water partition coefficient (Wildman–Crippen LogP) is 0.589. The third-order valence-corrected chi connectivity index (χ3v) is 0.732. The first-order valence-electron chi connectivity index (χ1n) is 3.47. The molecular weight excluding hydrogens is 164 g/mol. The lowest BCUT2D eigenvalue weighted by atomic mass is 10.4. The highest BCUT2D eigenvalue weighted by atomic mass is 16.5. The summed E-state index contributed by atoms with van der Waals surface area (Å²) < 4.78 is 4.20. The van der Waals surface area contributed by atoms with Gasteiger partial charge in [0.25, 0.3) is 0 Å². The van der Waals surface area contributed by atoms with Crippen molar-refractivity contribution in [1.29, 1.82) is 0 Å². The molecule has 5 nitrogen and oxygen atoms in total. The number of hydrogen-bond donors (Lipinski definition) is 2. The van der Waals surface area contributed by atoms with Gasteiger partial charge in [0, 0.05) is 13.5 Å². The minimum absolute atomic E-state index is 0.208. The highest BCUT2D eigenvalue weighted by Crippen LogP contribution is 1.82. The van der Waals surface area contributed by atoms with Gasteiger partial charge in [0.2, 0.25) is 0 Å². The molecule has 0 aliphatic rings. The number of hydrogen-bond acceptors (Lipinski definition) is 3. The van der Waals surface area contributed by atoms with E-state index in [0.29, 0.717) is 6.42 Å². The van der Waals surface area contributed by atoms with Crippen LogP contribution < -0.4 is 0 Å². The van der Waals surface area contributed by atoms with E-state index in [9.17, 15) is 9.59 Å². The number of rotatable bonds is 4. The summed E-state index contributed by atoms with van der Waals surface area (Å²) in [6.45, 7) is 1.63. The molecule has 72 valence electrons. The Kier molecular flexibility index (Phi) is 11.1. The van der Waals surface area contributed by atoms with Crippen molar-refractivity contribution in [3.63, 3.8) is 0 Å². The molecule has 0 bridgehead atoms. The molecule has 0 saturated carbocycles. The van der Waals surface area contributed by atoms with Crippen molar-refractivity contribution in [3.05, 3.63) is 0 Å². The minimum Gasteiger partial charge on any atom is -0.481 e. The van der Waals surface area contributed by atoms with Crippen molar-refractivity contribution in [2.24, 2.45) is 0 Å². The molecule has 2 N–H and O–H groups in total. The monoisotopic (exact) mass is 178 g/mol. The Morgan fingerprint density at radius 1 is 1.25 bits per heavy atom. The molecule has 0 rings (SSSR count). The smallest absolute Gasteiger partial charge is 0.329 e. The zero-order valence-corrected chi connectivity index (χ0v) is 7.24. The molecule has 0 spiro atoms. The highest BCUT2D eigenvalue weighted by molar-refractivity contribution is 5.67. The average Bonchev–Trinajstić information content (AvgIpc) is 1.87. The van der Waals surface area contributed by atoms with Crippen molar-refractivity contribution in [1.82, 2.24) is 0 Å². The second-order valence-electron chi connectivity index (χ2n) is 1.97. The van der Waals surface area contributed by atoms with Gasteiger partial charge in [-0.2, -0.15) is 0 Å². The van der Waals surface area contributed by atoms with Gasteiger partial charge in [-0.05, 0) is 6.42 Å². The normalized spacial score (nSPS) is 8.17. The van der Waals surface area contributed by atoms with Crippen LogP contribution in [0.25, 0.3) is 0 Å². The van der Waals surface area contributed by atoms with Crippen LogP contribution in [0.1, 0.15) is 19.8 Å². The lowest BCUT2D eigenvalue weighted by molar-refractivity contribution is -0.141. The van der Waals surface area contributed by atoms with E-state index in [1.807, 2.05) is 6.92 Å². The van der Waals surface area contributed by atoms with E-state index in [2.05, 4.69) is 4.74 Å². The Labute approximate surface area is 71.0 Å². The van der Waals surface area contributed by atoms with Crippen molar-refractivity contribution < 1.29 is 24.5 Å². The van der Waals surface area contributed by atoms with Crippen LogP contribution in [0.4, 0.5) is 0 Å². The topological polar surface area (TPSA) is 83.8 Å². The molecule has 12 heavy (non-hydrogen) atoms. The van der Waals surface area contributed by atoms with Crippen molar-refractivity contribution in [3.8, 4) is 0 Å². The lowest BCUT2D eigenvalue weighted by Crippen LogP contribution is -2.02. The highest BCUT2D eigenvalue weighted by Gasteiger charge is 1.88. The summed E-state index contributed by atoms with van der Waals surface area (Å²) in [7, 11) is 1.34. The summed E-state index contributed by atoms with van der Waals surface area (Å²) in [5, 5.41) is 15.7. The number of carbonyl (C=O) groups is 2. The first-order valence-corrected chi connectivity index (χ1v) is 3.47. The van der Waals surface area contributed by atoms with Crippen molar-refractivity contribution in [2.45, 2.75) is 19.8 Å². The third kappa shape index (κ3) is 23.1. The van der Waals surface area contributed by atoms with Gasteiger partial charge in [-0.15, -0.1) is 0 Å². The van der Waals surface area contributed by atoms with Gasteiger partial charge in [-0.1, -0.05) is 6.92 Å². The van der Waals surface area contributed by atoms with Crippen LogP contribution in [0.5, 0.6) is 0 Å². The van der Waals surface area contributed by atoms with Crippen molar-refractivity contribution >= 4 is 11.9 Å². The summed E-state index contributed by atoms with van der Waals surface area (Å²) in [6, 6.07) is 0. The minimum atomic E-state index is -0.933. The summed E-state index contributed by atoms with van der Waals surface area (Å²) in [5.74, 6) is -1.64. The van der Waals surface area contributed by atoms with Crippen LogP contribution in [0, 0.1) is 0 Å². The molecule has 0 aliphatic heterocycles. The van der Waals surface area contributed by atoms with E-state index in [1.54, 1.807) is 0 Å². The second-order valence-corrected chi connectivity index (χ2v) is 1.97. The molecule has 0 aliphatic carbocycles. The van der Waals surface area contributed by atoms with Crippen LogP contribution in [-0.4, -0.2) is 35.9 Å². The number of carboxylic acids is 2. The van der Waals surface area contributed by atoms with E-state index in [1.165, 1.54) is 7.11 Å². The fraction of sp³-hybridized carbons (Fsp3) is 0.714. The van der Waals surface area contributed by atoms with Crippen LogP contribution in [0.15, 0.2) is 0 Å². The summed E-state index contributed by atoms with van der Waals surface area (Å²) in [5.41, 5.74) is 0. The first-order chi connectivity index (χ1) is 5.54. The zero-order chi connectivity index (χ0) is 9.98. The zero-order valence-electron chi connectivity index (χ0n) is 7.24. The standard InChI is InChI=1S/C4H8O2.C3H6O3/c1-2-3-4(5)6;1-6-2-3(4)5/h2-3H2,1H3,(H,5,6);2H2,1H3,(H,4,5). The van der Waals surface area contributed by atoms with E-state index >= 15 is 0 Å². The molecule has 0 fully saturated rings. The Balaban J connectivity index is 0. The summed E-state index contributed by atoms with van der Waals surface area (Å²) in [6.07, 6.45) is 1.02. The second kappa shape index (κ2) is 9.90. The summed E-state index contributed by atoms with van der Waals surface area (Å²) in [4.78, 5) is 19.1. The number of carboxylic acid groups (broad SMARTS) is 2. The molecule has 0 heterocycles. The number of aliphatic carboxylic acids is 2. The maximum atomic E-state index is 9.60. The Bertz CT molecular complexity index is 116. The van der Waals surface area contributed by atoms with Gasteiger partial charge in [0.15, 0.2) is 0 Å². The lowest BCUT2D eigenvalue weighted by Gasteiger charge is -1.83. The van der Waals surface area contributed by atoms with E-state index in [0.717, 1.165) is 6.42 Å². The van der Waals surface area contributed by atoms with Crippen LogP contribution >= 0.6 is 0 Å². The van der Waals surface area contributed by atoms with Gasteiger partial charge in [0.05, 0.1) is 0 Å². The van der Waals surface area contributed by atoms with Crippen LogP contribution in [0.2, 0.25) is 0 Å². The Hall–Kier alpha value is -1.10. The van der Waals surface area contributed by atoms with E-state index in [4.69, 9.17) is 10.2 Å². The molecule has 0 aromatic heterocycles. The fourth-order valence-corrected chi connectivity index (χ4v) is 0.337. The third-order valence-electron chi connectivity index (χ3n) is 0.732. The van der Waals surface area contributed by atoms with Crippen molar-refractivity contribution in [2.75, 3.05) is 13.7 Å². The largest absolute Gasteiger partial charge is 0.481 e. The fourth-order valence-electron chi connectivity index (χ4n) is 0.337.